The van der Waals surface area contributed by atoms with E-state index in [-0.39, 0.29) is 6.42 Å². The normalized spacial score (nSPS) is 12.3. The van der Waals surface area contributed by atoms with Crippen LogP contribution in [0, 0.1) is 0 Å². The number of fused-ring (bicyclic) bond motifs is 1. The number of aliphatic carboxylic acids is 1. The number of H-pyrrole nitrogens is 1. The molecule has 1 amide bonds. The minimum absolute atomic E-state index is 0.155. The topological polar surface area (TPSA) is 73.4 Å². The summed E-state index contributed by atoms with van der Waals surface area (Å²) in [6.45, 7) is 1.23. The molecule has 1 aromatic carbocycles. The molecule has 2 aromatic rings. The number of aromatic amines is 1. The predicted octanol–water partition coefficient (Wildman–Crippen LogP) is 2.17. The minimum Gasteiger partial charge on any atom is -0.480 e. The fraction of sp³-hybridized carbons (Fsp3) is 0.231. The van der Waals surface area contributed by atoms with Crippen LogP contribution in [-0.2, 0) is 16.0 Å². The Balaban J connectivity index is 2.31. The smallest absolute Gasteiger partial charge is 0.328 e. The Morgan fingerprint density at radius 2 is 2.11 bits per heavy atom. The van der Waals surface area contributed by atoms with Gasteiger partial charge in [-0.1, -0.05) is 18.2 Å². The number of benzene rings is 1. The van der Waals surface area contributed by atoms with E-state index >= 15 is 0 Å². The molecule has 1 atom stereocenters. The van der Waals surface area contributed by atoms with Gasteiger partial charge in [0.25, 0.3) is 0 Å². The van der Waals surface area contributed by atoms with E-state index in [0.717, 1.165) is 20.9 Å². The molecule has 0 aliphatic carbocycles. The van der Waals surface area contributed by atoms with Crippen molar-refractivity contribution in [3.8, 4) is 0 Å². The number of rotatable bonds is 4. The fourth-order valence-corrected chi connectivity index (χ4v) is 2.15. The number of hydrogen-bond donors (Lipinski definition) is 2. The minimum atomic E-state index is -1.13. The van der Waals surface area contributed by atoms with E-state index in [1.54, 1.807) is 6.20 Å². The van der Waals surface area contributed by atoms with Gasteiger partial charge in [-0.15, -0.1) is 0 Å². The van der Waals surface area contributed by atoms with Crippen LogP contribution < -0.4 is 0 Å². The van der Waals surface area contributed by atoms with Gasteiger partial charge in [0, 0.05) is 42.2 Å². The van der Waals surface area contributed by atoms with Crippen LogP contribution in [0.2, 0.25) is 0 Å². The van der Waals surface area contributed by atoms with Crippen molar-refractivity contribution in [2.45, 2.75) is 19.4 Å². The highest BCUT2D eigenvalue weighted by Crippen LogP contribution is 2.21. The Hall–Kier alpha value is -2.01. The zero-order valence-electron chi connectivity index (χ0n) is 10.3. The number of amides is 1. The quantitative estimate of drug-likeness (QED) is 0.843. The first-order valence-corrected chi connectivity index (χ1v) is 6.08. The Bertz CT molecular complexity index is 623. The molecule has 1 heterocycles. The van der Waals surface area contributed by atoms with Gasteiger partial charge in [-0.25, -0.2) is 9.21 Å². The molecule has 0 spiro atoms. The number of carboxylic acid groups (broad SMARTS) is 1. The molecule has 0 aliphatic rings. The zero-order valence-corrected chi connectivity index (χ0v) is 11.0. The Morgan fingerprint density at radius 1 is 1.42 bits per heavy atom. The molecule has 2 N–H and O–H groups in total. The van der Waals surface area contributed by atoms with Gasteiger partial charge in [0.1, 0.15) is 6.04 Å². The maximum Gasteiger partial charge on any atom is 0.328 e. The van der Waals surface area contributed by atoms with E-state index in [1.807, 2.05) is 24.3 Å². The monoisotopic (exact) mass is 280 g/mol. The summed E-state index contributed by atoms with van der Waals surface area (Å²) in [7, 11) is 0. The summed E-state index contributed by atoms with van der Waals surface area (Å²) in [4.78, 5) is 25.5. The molecule has 0 radical (unpaired) electrons. The van der Waals surface area contributed by atoms with Crippen molar-refractivity contribution in [3.05, 3.63) is 36.0 Å². The maximum absolute atomic E-state index is 11.2. The Labute approximate surface area is 114 Å². The van der Waals surface area contributed by atoms with Crippen molar-refractivity contribution < 1.29 is 14.7 Å². The van der Waals surface area contributed by atoms with Crippen molar-refractivity contribution in [2.75, 3.05) is 0 Å². The van der Waals surface area contributed by atoms with Gasteiger partial charge in [-0.05, 0) is 11.6 Å². The predicted molar refractivity (Wildman–Crippen MR) is 71.8 cm³/mol. The standard InChI is InChI=1S/C13H13ClN2O3/c1-8(17)16(14)12(13(18)19)6-9-7-15-11-5-3-2-4-10(9)11/h2-5,7,12,15H,6H2,1H3,(H,18,19)/t12-/m1/s1. The van der Waals surface area contributed by atoms with Crippen LogP contribution in [0.25, 0.3) is 10.9 Å². The van der Waals surface area contributed by atoms with Crippen LogP contribution in [-0.4, -0.2) is 32.4 Å². The Morgan fingerprint density at radius 3 is 2.74 bits per heavy atom. The number of aromatic nitrogens is 1. The lowest BCUT2D eigenvalue weighted by Crippen LogP contribution is -2.39. The summed E-state index contributed by atoms with van der Waals surface area (Å²) < 4.78 is 0.726. The van der Waals surface area contributed by atoms with Gasteiger partial charge in [0.15, 0.2) is 0 Å². The zero-order chi connectivity index (χ0) is 14.0. The van der Waals surface area contributed by atoms with Gasteiger partial charge in [0.05, 0.1) is 0 Å². The first-order chi connectivity index (χ1) is 9.00. The van der Waals surface area contributed by atoms with E-state index in [0.29, 0.717) is 0 Å². The van der Waals surface area contributed by atoms with Gasteiger partial charge < -0.3 is 10.1 Å². The second-order valence-electron chi connectivity index (χ2n) is 4.25. The molecule has 0 saturated heterocycles. The molecule has 5 nitrogen and oxygen atoms in total. The molecule has 100 valence electrons. The number of nitrogens with zero attached hydrogens (tertiary/aromatic N) is 1. The van der Waals surface area contributed by atoms with Gasteiger partial charge in [-0.3, -0.25) is 4.79 Å². The van der Waals surface area contributed by atoms with Crippen LogP contribution in [0.15, 0.2) is 30.5 Å². The van der Waals surface area contributed by atoms with Crippen LogP contribution in [0.5, 0.6) is 0 Å². The maximum atomic E-state index is 11.2. The molecule has 1 aromatic heterocycles. The first-order valence-electron chi connectivity index (χ1n) is 5.74. The van der Waals surface area contributed by atoms with Crippen LogP contribution in [0.4, 0.5) is 0 Å². The molecule has 2 rings (SSSR count). The van der Waals surface area contributed by atoms with Crippen LogP contribution in [0.1, 0.15) is 12.5 Å². The lowest BCUT2D eigenvalue weighted by molar-refractivity contribution is -0.145. The molecule has 0 unspecified atom stereocenters. The summed E-state index contributed by atoms with van der Waals surface area (Å²) in [6.07, 6.45) is 1.90. The van der Waals surface area contributed by atoms with E-state index in [2.05, 4.69) is 4.98 Å². The summed E-state index contributed by atoms with van der Waals surface area (Å²) in [6, 6.07) is 6.47. The number of para-hydroxylation sites is 1. The first kappa shape index (κ1) is 13.4. The summed E-state index contributed by atoms with van der Waals surface area (Å²) in [5, 5.41) is 10.1. The highest BCUT2D eigenvalue weighted by Gasteiger charge is 2.27. The molecule has 19 heavy (non-hydrogen) atoms. The summed E-state index contributed by atoms with van der Waals surface area (Å²) >= 11 is 5.74. The number of hydrogen-bond acceptors (Lipinski definition) is 2. The van der Waals surface area contributed by atoms with Crippen molar-refractivity contribution in [3.63, 3.8) is 0 Å². The second kappa shape index (κ2) is 5.32. The molecular formula is C13H13ClN2O3. The van der Waals surface area contributed by atoms with E-state index in [9.17, 15) is 14.7 Å². The fourth-order valence-electron chi connectivity index (χ4n) is 1.99. The van der Waals surface area contributed by atoms with Crippen LogP contribution in [0.3, 0.4) is 0 Å². The lowest BCUT2D eigenvalue weighted by atomic mass is 10.1. The third-order valence-corrected chi connectivity index (χ3v) is 3.42. The van der Waals surface area contributed by atoms with Gasteiger partial charge in [0.2, 0.25) is 5.91 Å². The number of nitrogens with one attached hydrogen (secondary N) is 1. The second-order valence-corrected chi connectivity index (χ2v) is 4.61. The molecule has 0 fully saturated rings. The number of carbonyl (C=O) groups excluding carboxylic acids is 1. The van der Waals surface area contributed by atoms with Crippen molar-refractivity contribution in [2.24, 2.45) is 0 Å². The van der Waals surface area contributed by atoms with Crippen molar-refractivity contribution in [1.82, 2.24) is 9.40 Å². The molecule has 0 bridgehead atoms. The van der Waals surface area contributed by atoms with E-state index < -0.39 is 17.9 Å². The number of halogens is 1. The Kier molecular flexibility index (Phi) is 3.76. The lowest BCUT2D eigenvalue weighted by Gasteiger charge is -2.20. The van der Waals surface area contributed by atoms with Gasteiger partial charge >= 0.3 is 5.97 Å². The highest BCUT2D eigenvalue weighted by atomic mass is 35.5. The van der Waals surface area contributed by atoms with Crippen LogP contribution >= 0.6 is 11.8 Å². The highest BCUT2D eigenvalue weighted by molar-refractivity contribution is 6.22. The molecular weight excluding hydrogens is 268 g/mol. The van der Waals surface area contributed by atoms with Crippen molar-refractivity contribution >= 4 is 34.6 Å². The number of carboxylic acids is 1. The molecule has 0 aliphatic heterocycles. The van der Waals surface area contributed by atoms with Crippen molar-refractivity contribution in [1.29, 1.82) is 0 Å². The van der Waals surface area contributed by atoms with E-state index in [1.165, 1.54) is 6.92 Å². The SMILES string of the molecule is CC(=O)N(Cl)[C@H](Cc1c[nH]c2ccccc12)C(=O)O. The molecule has 0 saturated carbocycles. The average molecular weight is 281 g/mol. The number of carbonyl (C=O) groups is 2. The largest absolute Gasteiger partial charge is 0.480 e. The van der Waals surface area contributed by atoms with E-state index in [4.69, 9.17) is 11.8 Å². The third-order valence-electron chi connectivity index (χ3n) is 2.95. The third kappa shape index (κ3) is 2.71. The van der Waals surface area contributed by atoms with Gasteiger partial charge in [-0.2, -0.15) is 0 Å². The summed E-state index contributed by atoms with van der Waals surface area (Å²) in [5.74, 6) is -1.62. The average Bonchev–Trinajstić information content (AvgIpc) is 2.78. The summed E-state index contributed by atoms with van der Waals surface area (Å²) in [5.41, 5.74) is 1.74. The molecule has 6 heteroatoms.